The molecule has 1 N–H and O–H groups in total. The van der Waals surface area contributed by atoms with Gasteiger partial charge in [0.2, 0.25) is 0 Å². The lowest BCUT2D eigenvalue weighted by molar-refractivity contribution is -0.142. The minimum Gasteiger partial charge on any atom is -0.469 e. The minimum absolute atomic E-state index is 0.213. The van der Waals surface area contributed by atoms with Crippen molar-refractivity contribution in [3.05, 3.63) is 35.9 Å². The summed E-state index contributed by atoms with van der Waals surface area (Å²) in [6.45, 7) is 1.40. The average molecular weight is 277 g/mol. The first-order valence-electron chi connectivity index (χ1n) is 6.14. The molecule has 4 heteroatoms. The largest absolute Gasteiger partial charge is 0.469 e. The van der Waals surface area contributed by atoms with E-state index in [4.69, 9.17) is 11.2 Å². The molecule has 102 valence electrons. The van der Waals surface area contributed by atoms with E-state index in [1.165, 1.54) is 7.11 Å². The lowest BCUT2D eigenvalue weighted by atomic mass is 9.99. The molecule has 0 radical (unpaired) electrons. The van der Waals surface area contributed by atoms with Gasteiger partial charge in [0, 0.05) is 18.8 Å². The number of esters is 1. The SMILES string of the molecule is C#CCSCCNCC(C(=O)OC)c1ccccc1. The number of nitrogens with one attached hydrogen (secondary N) is 1. The van der Waals surface area contributed by atoms with Crippen LogP contribution >= 0.6 is 11.8 Å². The predicted octanol–water partition coefficient (Wildman–Crippen LogP) is 1.90. The normalized spacial score (nSPS) is 11.6. The van der Waals surface area contributed by atoms with E-state index in [9.17, 15) is 4.79 Å². The molecular weight excluding hydrogens is 258 g/mol. The summed E-state index contributed by atoms with van der Waals surface area (Å²) in [7, 11) is 1.42. The van der Waals surface area contributed by atoms with Crippen LogP contribution in [-0.4, -0.2) is 37.7 Å². The Morgan fingerprint density at radius 2 is 2.21 bits per heavy atom. The highest BCUT2D eigenvalue weighted by Crippen LogP contribution is 2.16. The van der Waals surface area contributed by atoms with Crippen LogP contribution in [0, 0.1) is 12.3 Å². The van der Waals surface area contributed by atoms with Crippen molar-refractivity contribution in [3.63, 3.8) is 0 Å². The fourth-order valence-corrected chi connectivity index (χ4v) is 2.24. The number of hydrogen-bond acceptors (Lipinski definition) is 4. The highest BCUT2D eigenvalue weighted by molar-refractivity contribution is 7.99. The second-order valence-electron chi connectivity index (χ2n) is 3.95. The first kappa shape index (κ1) is 15.6. The summed E-state index contributed by atoms with van der Waals surface area (Å²) >= 11 is 1.70. The molecule has 0 spiro atoms. The Morgan fingerprint density at radius 3 is 2.84 bits per heavy atom. The van der Waals surface area contributed by atoms with Crippen LogP contribution in [0.25, 0.3) is 0 Å². The Kier molecular flexibility index (Phi) is 7.80. The van der Waals surface area contributed by atoms with Crippen LogP contribution in [0.5, 0.6) is 0 Å². The standard InChI is InChI=1S/C15H19NO2S/c1-3-10-19-11-9-16-12-14(15(17)18-2)13-7-5-4-6-8-13/h1,4-8,14,16H,9-12H2,2H3. The molecule has 3 nitrogen and oxygen atoms in total. The van der Waals surface area contributed by atoms with Crippen LogP contribution in [-0.2, 0) is 9.53 Å². The summed E-state index contributed by atoms with van der Waals surface area (Å²) in [6.07, 6.45) is 5.17. The van der Waals surface area contributed by atoms with Gasteiger partial charge in [-0.25, -0.2) is 0 Å². The second-order valence-corrected chi connectivity index (χ2v) is 5.05. The van der Waals surface area contributed by atoms with Crippen molar-refractivity contribution in [1.29, 1.82) is 0 Å². The quantitative estimate of drug-likeness (QED) is 0.447. The summed E-state index contributed by atoms with van der Waals surface area (Å²) in [4.78, 5) is 11.8. The first-order valence-corrected chi connectivity index (χ1v) is 7.29. The third kappa shape index (κ3) is 5.82. The van der Waals surface area contributed by atoms with Crippen LogP contribution < -0.4 is 5.32 Å². The van der Waals surface area contributed by atoms with Gasteiger partial charge in [-0.2, -0.15) is 0 Å². The molecule has 1 atom stereocenters. The smallest absolute Gasteiger partial charge is 0.314 e. The molecule has 1 aromatic rings. The number of rotatable bonds is 8. The summed E-state index contributed by atoms with van der Waals surface area (Å²) in [5.41, 5.74) is 0.970. The highest BCUT2D eigenvalue weighted by atomic mass is 32.2. The number of benzene rings is 1. The number of methoxy groups -OCH3 is 1. The van der Waals surface area contributed by atoms with Crippen molar-refractivity contribution in [2.45, 2.75) is 5.92 Å². The monoisotopic (exact) mass is 277 g/mol. The lowest BCUT2D eigenvalue weighted by Gasteiger charge is -2.15. The molecule has 0 aliphatic carbocycles. The van der Waals surface area contributed by atoms with Crippen molar-refractivity contribution >= 4 is 17.7 Å². The van der Waals surface area contributed by atoms with E-state index in [-0.39, 0.29) is 11.9 Å². The second kappa shape index (κ2) is 9.48. The van der Waals surface area contributed by atoms with Crippen molar-refractivity contribution < 1.29 is 9.53 Å². The summed E-state index contributed by atoms with van der Waals surface area (Å²) in [5.74, 6) is 3.77. The fourth-order valence-electron chi connectivity index (χ4n) is 1.69. The topological polar surface area (TPSA) is 38.3 Å². The maximum Gasteiger partial charge on any atom is 0.314 e. The summed E-state index contributed by atoms with van der Waals surface area (Å²) < 4.78 is 4.85. The maximum absolute atomic E-state index is 11.8. The molecule has 0 bridgehead atoms. The van der Waals surface area contributed by atoms with E-state index in [0.717, 1.165) is 23.6 Å². The zero-order chi connectivity index (χ0) is 13.9. The van der Waals surface area contributed by atoms with Crippen LogP contribution in [0.15, 0.2) is 30.3 Å². The number of thioether (sulfide) groups is 1. The average Bonchev–Trinajstić information content (AvgIpc) is 2.47. The molecule has 0 aliphatic rings. The van der Waals surface area contributed by atoms with Crippen LogP contribution in [0.4, 0.5) is 0 Å². The lowest BCUT2D eigenvalue weighted by Crippen LogP contribution is -2.29. The molecule has 0 heterocycles. The van der Waals surface area contributed by atoms with Crippen LogP contribution in [0.1, 0.15) is 11.5 Å². The van der Waals surface area contributed by atoms with Crippen molar-refractivity contribution in [1.82, 2.24) is 5.32 Å². The molecule has 0 aliphatic heterocycles. The zero-order valence-electron chi connectivity index (χ0n) is 11.1. The molecule has 1 rings (SSSR count). The first-order chi connectivity index (χ1) is 9.29. The third-order valence-electron chi connectivity index (χ3n) is 2.64. The van der Waals surface area contributed by atoms with E-state index in [1.807, 2.05) is 30.3 Å². The summed E-state index contributed by atoms with van der Waals surface area (Å²) in [6, 6.07) is 9.66. The van der Waals surface area contributed by atoms with E-state index in [0.29, 0.717) is 6.54 Å². The van der Waals surface area contributed by atoms with Crippen LogP contribution in [0.2, 0.25) is 0 Å². The van der Waals surface area contributed by atoms with Gasteiger partial charge in [-0.1, -0.05) is 36.3 Å². The van der Waals surface area contributed by atoms with Gasteiger partial charge in [-0.05, 0) is 5.56 Å². The van der Waals surface area contributed by atoms with Crippen molar-refractivity contribution in [2.24, 2.45) is 0 Å². The molecule has 1 unspecified atom stereocenters. The van der Waals surface area contributed by atoms with Gasteiger partial charge in [0.15, 0.2) is 0 Å². The van der Waals surface area contributed by atoms with Gasteiger partial charge in [0.1, 0.15) is 0 Å². The molecule has 0 saturated heterocycles. The predicted molar refractivity (Wildman–Crippen MR) is 80.2 cm³/mol. The van der Waals surface area contributed by atoms with Gasteiger partial charge >= 0.3 is 5.97 Å². The molecule has 0 saturated carbocycles. The van der Waals surface area contributed by atoms with Crippen LogP contribution in [0.3, 0.4) is 0 Å². The molecular formula is C15H19NO2S. The Labute approximate surface area is 119 Å². The third-order valence-corrected chi connectivity index (χ3v) is 3.51. The molecule has 0 aromatic heterocycles. The number of carbonyl (C=O) groups excluding carboxylic acids is 1. The molecule has 19 heavy (non-hydrogen) atoms. The number of terminal acetylenes is 1. The van der Waals surface area contributed by atoms with E-state index in [1.54, 1.807) is 11.8 Å². The fraction of sp³-hybridized carbons (Fsp3) is 0.400. The Morgan fingerprint density at radius 1 is 1.47 bits per heavy atom. The number of carbonyl (C=O) groups is 1. The van der Waals surface area contributed by atoms with E-state index < -0.39 is 0 Å². The Balaban J connectivity index is 2.44. The van der Waals surface area contributed by atoms with Gasteiger partial charge < -0.3 is 10.1 Å². The molecule has 0 amide bonds. The number of hydrogen-bond donors (Lipinski definition) is 1. The Bertz CT molecular complexity index is 414. The van der Waals surface area contributed by atoms with Gasteiger partial charge in [0.25, 0.3) is 0 Å². The molecule has 1 aromatic carbocycles. The van der Waals surface area contributed by atoms with Gasteiger partial charge in [-0.15, -0.1) is 18.2 Å². The van der Waals surface area contributed by atoms with E-state index >= 15 is 0 Å². The highest BCUT2D eigenvalue weighted by Gasteiger charge is 2.20. The van der Waals surface area contributed by atoms with Crippen molar-refractivity contribution in [3.8, 4) is 12.3 Å². The van der Waals surface area contributed by atoms with Gasteiger partial charge in [0.05, 0.1) is 18.8 Å². The zero-order valence-corrected chi connectivity index (χ0v) is 11.9. The van der Waals surface area contributed by atoms with Crippen molar-refractivity contribution in [2.75, 3.05) is 31.7 Å². The van der Waals surface area contributed by atoms with Gasteiger partial charge in [-0.3, -0.25) is 4.79 Å². The summed E-state index contributed by atoms with van der Waals surface area (Å²) in [5, 5.41) is 3.27. The molecule has 0 fully saturated rings. The minimum atomic E-state index is -0.260. The number of ether oxygens (including phenoxy) is 1. The maximum atomic E-state index is 11.8. The van der Waals surface area contributed by atoms with E-state index in [2.05, 4.69) is 11.2 Å². The Hall–Kier alpha value is -1.44.